The summed E-state index contributed by atoms with van der Waals surface area (Å²) in [5.74, 6) is 0.608. The molecule has 70 valence electrons. The summed E-state index contributed by atoms with van der Waals surface area (Å²) in [7, 11) is 0. The van der Waals surface area contributed by atoms with Gasteiger partial charge in [-0.25, -0.2) is 9.97 Å². The third-order valence-electron chi connectivity index (χ3n) is 1.35. The largest absolute Gasteiger partial charge is 0.239 e. The SMILES string of the molecule is CC/C=N\N(F)c1cnc(C)nc1. The van der Waals surface area contributed by atoms with E-state index in [0.29, 0.717) is 12.2 Å². The average Bonchev–Trinajstić information content (AvgIpc) is 2.15. The summed E-state index contributed by atoms with van der Waals surface area (Å²) in [5.41, 5.74) is 0.232. The fourth-order valence-corrected chi connectivity index (χ4v) is 0.701. The van der Waals surface area contributed by atoms with Gasteiger partial charge in [-0.1, -0.05) is 16.6 Å². The van der Waals surface area contributed by atoms with Crippen molar-refractivity contribution in [1.29, 1.82) is 0 Å². The number of aromatic nitrogens is 2. The monoisotopic (exact) mass is 182 g/mol. The zero-order chi connectivity index (χ0) is 9.68. The van der Waals surface area contributed by atoms with Gasteiger partial charge in [0.05, 0.1) is 12.4 Å². The first-order chi connectivity index (χ1) is 6.24. The van der Waals surface area contributed by atoms with Crippen LogP contribution in [0.25, 0.3) is 0 Å². The van der Waals surface area contributed by atoms with Crippen LogP contribution in [0.3, 0.4) is 0 Å². The molecule has 13 heavy (non-hydrogen) atoms. The minimum absolute atomic E-state index is 0.232. The molecule has 5 heteroatoms. The summed E-state index contributed by atoms with van der Waals surface area (Å²) < 4.78 is 13.0. The first-order valence-corrected chi connectivity index (χ1v) is 4.01. The maximum atomic E-state index is 13.0. The molecule has 0 N–H and O–H groups in total. The standard InChI is InChI=1S/C8H11FN4/c1-3-4-12-13(9)8-5-10-7(2)11-6-8/h4-6H,3H2,1-2H3/b12-4-. The Kier molecular flexibility index (Phi) is 3.31. The molecule has 1 aromatic rings. The van der Waals surface area contributed by atoms with Gasteiger partial charge in [-0.2, -0.15) is 5.10 Å². The molecule has 0 saturated carbocycles. The molecule has 0 amide bonds. The smallest absolute Gasteiger partial charge is 0.132 e. The van der Waals surface area contributed by atoms with E-state index in [-0.39, 0.29) is 10.9 Å². The quantitative estimate of drug-likeness (QED) is 0.407. The molecule has 1 heterocycles. The van der Waals surface area contributed by atoms with Crippen molar-refractivity contribution >= 4 is 11.9 Å². The fraction of sp³-hybridized carbons (Fsp3) is 0.375. The highest BCUT2D eigenvalue weighted by Crippen LogP contribution is 2.11. The number of hydrogen-bond acceptors (Lipinski definition) is 4. The molecule has 0 unspecified atom stereocenters. The van der Waals surface area contributed by atoms with Crippen molar-refractivity contribution in [3.05, 3.63) is 18.2 Å². The molecule has 1 aromatic heterocycles. The van der Waals surface area contributed by atoms with Crippen LogP contribution in [-0.4, -0.2) is 16.2 Å². The number of hydrazone groups is 1. The van der Waals surface area contributed by atoms with E-state index in [1.807, 2.05) is 6.92 Å². The number of halogens is 1. The first-order valence-electron chi connectivity index (χ1n) is 4.01. The van der Waals surface area contributed by atoms with Crippen molar-refractivity contribution in [2.75, 3.05) is 5.23 Å². The molecule has 0 aliphatic heterocycles. The summed E-state index contributed by atoms with van der Waals surface area (Å²) in [6.45, 7) is 3.62. The summed E-state index contributed by atoms with van der Waals surface area (Å²) in [6.07, 6.45) is 4.93. The van der Waals surface area contributed by atoms with Crippen LogP contribution < -0.4 is 5.23 Å². The van der Waals surface area contributed by atoms with E-state index in [1.165, 1.54) is 18.6 Å². The second-order valence-corrected chi connectivity index (χ2v) is 2.45. The van der Waals surface area contributed by atoms with E-state index in [9.17, 15) is 4.48 Å². The predicted molar refractivity (Wildman–Crippen MR) is 49.1 cm³/mol. The molecule has 4 nitrogen and oxygen atoms in total. The molecule has 0 bridgehead atoms. The van der Waals surface area contributed by atoms with Gasteiger partial charge in [-0.05, 0) is 13.3 Å². The second-order valence-electron chi connectivity index (χ2n) is 2.45. The van der Waals surface area contributed by atoms with Gasteiger partial charge >= 0.3 is 0 Å². The number of rotatable bonds is 3. The molecule has 0 aliphatic rings. The third kappa shape index (κ3) is 2.77. The Bertz CT molecular complexity index is 283. The van der Waals surface area contributed by atoms with Crippen LogP contribution >= 0.6 is 0 Å². The van der Waals surface area contributed by atoms with Crippen LogP contribution in [0.15, 0.2) is 17.5 Å². The summed E-state index contributed by atoms with van der Waals surface area (Å²) in [6, 6.07) is 0. The van der Waals surface area contributed by atoms with Crippen LogP contribution in [0.4, 0.5) is 10.2 Å². The van der Waals surface area contributed by atoms with E-state index in [4.69, 9.17) is 0 Å². The maximum Gasteiger partial charge on any atom is 0.132 e. The lowest BCUT2D eigenvalue weighted by Gasteiger charge is -2.04. The first kappa shape index (κ1) is 9.57. The normalized spacial score (nSPS) is 10.7. The Morgan fingerprint density at radius 1 is 1.54 bits per heavy atom. The van der Waals surface area contributed by atoms with Crippen molar-refractivity contribution in [2.24, 2.45) is 5.10 Å². The molecule has 0 aliphatic carbocycles. The molecule has 0 fully saturated rings. The third-order valence-corrected chi connectivity index (χ3v) is 1.35. The topological polar surface area (TPSA) is 41.4 Å². The van der Waals surface area contributed by atoms with Gasteiger partial charge in [-0.3, -0.25) is 0 Å². The van der Waals surface area contributed by atoms with Crippen molar-refractivity contribution < 1.29 is 4.48 Å². The lowest BCUT2D eigenvalue weighted by Crippen LogP contribution is -2.04. The maximum absolute atomic E-state index is 13.0. The van der Waals surface area contributed by atoms with E-state index in [0.717, 1.165) is 0 Å². The molecular weight excluding hydrogens is 171 g/mol. The minimum Gasteiger partial charge on any atom is -0.239 e. The van der Waals surface area contributed by atoms with E-state index in [2.05, 4.69) is 15.1 Å². The highest BCUT2D eigenvalue weighted by atomic mass is 19.2. The average molecular weight is 182 g/mol. The predicted octanol–water partition coefficient (Wildman–Crippen LogP) is 1.87. The summed E-state index contributed by atoms with van der Waals surface area (Å²) >= 11 is 0. The van der Waals surface area contributed by atoms with Crippen LogP contribution in [0.5, 0.6) is 0 Å². The Morgan fingerprint density at radius 2 is 2.15 bits per heavy atom. The molecule has 0 spiro atoms. The van der Waals surface area contributed by atoms with Gasteiger partial charge < -0.3 is 0 Å². The molecule has 0 radical (unpaired) electrons. The van der Waals surface area contributed by atoms with Gasteiger partial charge in [-0.15, -0.1) is 0 Å². The van der Waals surface area contributed by atoms with E-state index >= 15 is 0 Å². The van der Waals surface area contributed by atoms with Crippen molar-refractivity contribution in [3.8, 4) is 0 Å². The van der Waals surface area contributed by atoms with Gasteiger partial charge in [0.1, 0.15) is 11.5 Å². The number of nitrogens with zero attached hydrogens (tertiary/aromatic N) is 4. The molecule has 0 atom stereocenters. The Hall–Kier alpha value is -1.52. The summed E-state index contributed by atoms with van der Waals surface area (Å²) in [4.78, 5) is 7.68. The molecule has 1 rings (SSSR count). The van der Waals surface area contributed by atoms with E-state index < -0.39 is 0 Å². The molecule has 0 saturated heterocycles. The number of aryl methyl sites for hydroxylation is 1. The minimum atomic E-state index is 0.232. The van der Waals surface area contributed by atoms with Crippen LogP contribution in [-0.2, 0) is 0 Å². The van der Waals surface area contributed by atoms with E-state index in [1.54, 1.807) is 6.92 Å². The zero-order valence-electron chi connectivity index (χ0n) is 7.61. The fourth-order valence-electron chi connectivity index (χ4n) is 0.701. The highest BCUT2D eigenvalue weighted by Gasteiger charge is 2.01. The van der Waals surface area contributed by atoms with Crippen molar-refractivity contribution in [1.82, 2.24) is 9.97 Å². The zero-order valence-corrected chi connectivity index (χ0v) is 7.61. The van der Waals surface area contributed by atoms with Gasteiger partial charge in [0.15, 0.2) is 0 Å². The Morgan fingerprint density at radius 3 is 2.69 bits per heavy atom. The Balaban J connectivity index is 2.71. The highest BCUT2D eigenvalue weighted by molar-refractivity contribution is 5.58. The van der Waals surface area contributed by atoms with Crippen molar-refractivity contribution in [3.63, 3.8) is 0 Å². The lowest BCUT2D eigenvalue weighted by molar-refractivity contribution is 0.446. The second kappa shape index (κ2) is 4.49. The van der Waals surface area contributed by atoms with Crippen LogP contribution in [0.1, 0.15) is 19.2 Å². The van der Waals surface area contributed by atoms with Gasteiger partial charge in [0.25, 0.3) is 0 Å². The van der Waals surface area contributed by atoms with Gasteiger partial charge in [0, 0.05) is 6.21 Å². The summed E-state index contributed by atoms with van der Waals surface area (Å²) in [5, 5.41) is 3.76. The number of hydrogen-bond donors (Lipinski definition) is 0. The Labute approximate surface area is 76.1 Å². The van der Waals surface area contributed by atoms with Gasteiger partial charge in [0.2, 0.25) is 0 Å². The number of anilines is 1. The lowest BCUT2D eigenvalue weighted by atomic mass is 10.5. The van der Waals surface area contributed by atoms with Crippen molar-refractivity contribution in [2.45, 2.75) is 20.3 Å². The molecular formula is C8H11FN4. The van der Waals surface area contributed by atoms with Crippen LogP contribution in [0, 0.1) is 6.92 Å². The van der Waals surface area contributed by atoms with Crippen LogP contribution in [0.2, 0.25) is 0 Å². The molecule has 0 aromatic carbocycles.